The first-order valence-electron chi connectivity index (χ1n) is 27.1. The molecule has 3 rings (SSSR count). The number of methoxy groups -OCH3 is 2. The van der Waals surface area contributed by atoms with Gasteiger partial charge in [-0.05, 0) is 95.2 Å². The molecular weight excluding hydrogens is 853 g/mol. The van der Waals surface area contributed by atoms with Crippen LogP contribution in [0.1, 0.15) is 278 Å². The van der Waals surface area contributed by atoms with Crippen LogP contribution >= 0.6 is 0 Å². The number of carbonyl (C=O) groups excluding carboxylic acids is 4. The van der Waals surface area contributed by atoms with Crippen molar-refractivity contribution in [1.82, 2.24) is 9.80 Å². The number of hydrogen-bond donors (Lipinski definition) is 0. The van der Waals surface area contributed by atoms with E-state index in [0.717, 1.165) is 32.3 Å². The molecule has 0 unspecified atom stereocenters. The monoisotopic (exact) mass is 957 g/mol. The first kappa shape index (κ1) is 63.4. The summed E-state index contributed by atoms with van der Waals surface area (Å²) in [5.41, 5.74) is -0.320. The molecule has 2 heterocycles. The number of benzene rings is 1. The average molecular weight is 957 g/mol. The summed E-state index contributed by atoms with van der Waals surface area (Å²) < 4.78 is 21.9. The van der Waals surface area contributed by atoms with Gasteiger partial charge in [0.05, 0.1) is 23.8 Å². The van der Waals surface area contributed by atoms with Gasteiger partial charge in [0.1, 0.15) is 6.10 Å². The minimum absolute atomic E-state index is 0.00342. The van der Waals surface area contributed by atoms with E-state index in [2.05, 4.69) is 93.1 Å². The van der Waals surface area contributed by atoms with Gasteiger partial charge in [-0.3, -0.25) is 19.4 Å². The lowest BCUT2D eigenvalue weighted by molar-refractivity contribution is -0.0784. The van der Waals surface area contributed by atoms with E-state index < -0.39 is 18.0 Å². The summed E-state index contributed by atoms with van der Waals surface area (Å²) in [5, 5.41) is 0. The van der Waals surface area contributed by atoms with Crippen LogP contribution in [0.25, 0.3) is 0 Å². The second-order valence-corrected chi connectivity index (χ2v) is 22.5. The molecule has 0 aliphatic carbocycles. The van der Waals surface area contributed by atoms with Gasteiger partial charge in [0.2, 0.25) is 0 Å². The topological polar surface area (TPSA) is 112 Å². The zero-order valence-electron chi connectivity index (χ0n) is 46.4. The van der Waals surface area contributed by atoms with E-state index in [1.165, 1.54) is 134 Å². The lowest BCUT2D eigenvalue weighted by atomic mass is 9.78. The van der Waals surface area contributed by atoms with Crippen LogP contribution in [0.3, 0.4) is 0 Å². The van der Waals surface area contributed by atoms with Crippen LogP contribution in [0.15, 0.2) is 12.1 Å². The number of nitrogens with zero attached hydrogens (tertiary/aromatic N) is 2. The zero-order valence-corrected chi connectivity index (χ0v) is 46.4. The van der Waals surface area contributed by atoms with E-state index in [1.807, 2.05) is 7.11 Å². The molecule has 0 saturated carbocycles. The van der Waals surface area contributed by atoms with Gasteiger partial charge in [0.25, 0.3) is 0 Å². The highest BCUT2D eigenvalue weighted by atomic mass is 16.5. The average Bonchev–Trinajstić information content (AvgIpc) is 3.28. The molecule has 10 nitrogen and oxygen atoms in total. The molecule has 2 saturated heterocycles. The normalized spacial score (nSPS) is 17.9. The van der Waals surface area contributed by atoms with Crippen molar-refractivity contribution in [2.75, 3.05) is 41.5 Å². The van der Waals surface area contributed by atoms with E-state index in [4.69, 9.17) is 18.9 Å². The Kier molecular flexibility index (Phi) is 31.5. The number of unbranched alkanes of at least 4 members (excludes halogenated alkanes) is 20. The molecule has 0 aromatic heterocycles. The maximum Gasteiger partial charge on any atom is 0.340 e. The number of rotatable bonds is 30. The van der Waals surface area contributed by atoms with Crippen molar-refractivity contribution in [3.05, 3.63) is 34.4 Å². The first-order valence-corrected chi connectivity index (χ1v) is 27.1. The maximum absolute atomic E-state index is 13.4. The predicted octanol–water partition coefficient (Wildman–Crippen LogP) is 14.8. The number of aldehydes is 2. The molecule has 2 aliphatic heterocycles. The van der Waals surface area contributed by atoms with E-state index in [0.29, 0.717) is 37.9 Å². The number of hydrogen-bond acceptors (Lipinski definition) is 10. The summed E-state index contributed by atoms with van der Waals surface area (Å²) in [4.78, 5) is 55.0. The maximum atomic E-state index is 13.4. The number of piperidine rings is 2. The largest absolute Gasteiger partial charge is 0.462 e. The summed E-state index contributed by atoms with van der Waals surface area (Å²) in [5.74, 6) is -1.57. The van der Waals surface area contributed by atoms with Gasteiger partial charge >= 0.3 is 11.9 Å². The van der Waals surface area contributed by atoms with Crippen LogP contribution < -0.4 is 0 Å². The van der Waals surface area contributed by atoms with Crippen molar-refractivity contribution in [1.29, 1.82) is 0 Å². The van der Waals surface area contributed by atoms with Crippen LogP contribution in [-0.4, -0.2) is 110 Å². The van der Waals surface area contributed by atoms with E-state index >= 15 is 0 Å². The molecular formula is C58H104N2O8. The fourth-order valence-corrected chi connectivity index (χ4v) is 10.2. The lowest BCUT2D eigenvalue weighted by Crippen LogP contribution is -2.60. The van der Waals surface area contributed by atoms with E-state index in [-0.39, 0.29) is 51.0 Å². The first-order chi connectivity index (χ1) is 32.2. The van der Waals surface area contributed by atoms with Gasteiger partial charge in [-0.25, -0.2) is 9.59 Å². The zero-order chi connectivity index (χ0) is 51.2. The standard InChI is InChI=1S/C33H51NO6.C14H30O.C11H23NO/c1-7-8-9-10-11-12-13-14-15-16-17-20-39-30(37)28-25(23-35)18-19-26(24-36)29(28)31(38)40-27-21-32(2,3)34(6)33(4,5)22-27;1-3-4-5-6-7-8-9-10-11-12-13-14-15-2;1-10(2)7-9(13-6)8-11(3,4)12(10)5/h18-19,23-24,27H,7-17,20-22H2,1-6H3;3-14H2,1-2H3;9H,7-8H2,1-6H3. The SMILES string of the molecule is CCCCCCCCCCCCCOC.CCCCCCCCCCCCCOC(=O)c1c(C=O)ccc(C=O)c1C(=O)OC1CC(C)(C)N(C)C(C)(C)C1.COC1CC(C)(C)N(C)C(C)(C)C1. The van der Waals surface area contributed by atoms with Gasteiger partial charge in [-0.1, -0.05) is 154 Å². The number of carbonyl (C=O) groups is 4. The number of likely N-dealkylation sites (tertiary alicyclic amines) is 2. The molecule has 0 radical (unpaired) electrons. The van der Waals surface area contributed by atoms with Gasteiger partial charge < -0.3 is 18.9 Å². The van der Waals surface area contributed by atoms with Crippen LogP contribution in [0.4, 0.5) is 0 Å². The molecule has 1 aromatic rings. The molecule has 2 fully saturated rings. The minimum Gasteiger partial charge on any atom is -0.462 e. The van der Waals surface area contributed by atoms with Crippen LogP contribution in [0.5, 0.6) is 0 Å². The molecule has 2 aliphatic rings. The number of ether oxygens (including phenoxy) is 4. The van der Waals surface area contributed by atoms with Crippen LogP contribution in [-0.2, 0) is 18.9 Å². The van der Waals surface area contributed by atoms with Crippen molar-refractivity contribution < 1.29 is 38.1 Å². The predicted molar refractivity (Wildman–Crippen MR) is 283 cm³/mol. The van der Waals surface area contributed by atoms with E-state index in [1.54, 1.807) is 7.11 Å². The molecule has 0 atom stereocenters. The highest BCUT2D eigenvalue weighted by Crippen LogP contribution is 2.39. The molecule has 1 aromatic carbocycles. The second-order valence-electron chi connectivity index (χ2n) is 22.5. The van der Waals surface area contributed by atoms with Gasteiger partial charge in [-0.2, -0.15) is 0 Å². The van der Waals surface area contributed by atoms with Gasteiger partial charge in [-0.15, -0.1) is 0 Å². The Morgan fingerprint density at radius 1 is 0.500 bits per heavy atom. The third-order valence-electron chi connectivity index (χ3n) is 15.0. The van der Waals surface area contributed by atoms with Crippen molar-refractivity contribution in [2.45, 2.75) is 271 Å². The summed E-state index contributed by atoms with van der Waals surface area (Å²) in [6, 6.07) is 2.74. The minimum atomic E-state index is -0.784. The molecule has 0 amide bonds. The third-order valence-corrected chi connectivity index (χ3v) is 15.0. The highest BCUT2D eigenvalue weighted by molar-refractivity contribution is 6.11. The summed E-state index contributed by atoms with van der Waals surface area (Å²) in [7, 11) is 7.88. The molecule has 10 heteroatoms. The van der Waals surface area contributed by atoms with Gasteiger partial charge in [0.15, 0.2) is 12.6 Å². The Bertz CT molecular complexity index is 1510. The molecule has 0 N–H and O–H groups in total. The number of esters is 2. The molecule has 0 bridgehead atoms. The van der Waals surface area contributed by atoms with Crippen molar-refractivity contribution in [2.24, 2.45) is 0 Å². The van der Waals surface area contributed by atoms with Crippen molar-refractivity contribution >= 4 is 24.5 Å². The quantitative estimate of drug-likeness (QED) is 0.0420. The second kappa shape index (κ2) is 33.8. The van der Waals surface area contributed by atoms with E-state index in [9.17, 15) is 19.2 Å². The Labute approximate surface area is 417 Å². The van der Waals surface area contributed by atoms with Crippen LogP contribution in [0.2, 0.25) is 0 Å². The summed E-state index contributed by atoms with van der Waals surface area (Å²) in [6.07, 6.45) is 32.9. The van der Waals surface area contributed by atoms with Crippen molar-refractivity contribution in [3.63, 3.8) is 0 Å². The molecule has 0 spiro atoms. The molecule has 394 valence electrons. The fourth-order valence-electron chi connectivity index (χ4n) is 10.2. The Hall–Kier alpha value is -2.66. The van der Waals surface area contributed by atoms with Crippen molar-refractivity contribution in [3.8, 4) is 0 Å². The molecule has 68 heavy (non-hydrogen) atoms. The fraction of sp³-hybridized carbons (Fsp3) is 0.828. The summed E-state index contributed by atoms with van der Waals surface area (Å²) in [6.45, 7) is 23.2. The van der Waals surface area contributed by atoms with Crippen LogP contribution in [0, 0.1) is 0 Å². The third kappa shape index (κ3) is 23.5. The summed E-state index contributed by atoms with van der Waals surface area (Å²) >= 11 is 0. The highest BCUT2D eigenvalue weighted by Gasteiger charge is 2.45. The lowest BCUT2D eigenvalue weighted by Gasteiger charge is -2.53. The Balaban J connectivity index is 0.000000668. The Morgan fingerprint density at radius 2 is 0.809 bits per heavy atom. The van der Waals surface area contributed by atoms with Gasteiger partial charge in [0, 0.05) is 67.0 Å². The Morgan fingerprint density at radius 3 is 1.13 bits per heavy atom. The smallest absolute Gasteiger partial charge is 0.340 e.